The smallest absolute Gasteiger partial charge is 0.457 e. The van der Waals surface area contributed by atoms with Gasteiger partial charge in [-0.25, -0.2) is 4.57 Å². The molecule has 0 aromatic carbocycles. The van der Waals surface area contributed by atoms with Crippen molar-refractivity contribution in [3.05, 3.63) is 36.5 Å². The minimum atomic E-state index is -5.01. The average Bonchev–Trinajstić information content (AvgIpc) is 3.14. The maximum absolute atomic E-state index is 12.8. The van der Waals surface area contributed by atoms with Crippen LogP contribution in [-0.2, 0) is 27.9 Å². The lowest BCUT2D eigenvalue weighted by Gasteiger charge is -2.41. The molecule has 0 amide bonds. The van der Waals surface area contributed by atoms with Crippen LogP contribution in [0, 0.1) is 0 Å². The highest BCUT2D eigenvalue weighted by atomic mass is 31.2. The molecule has 0 bridgehead atoms. The molecular weight excluding hydrogens is 703 g/mol. The van der Waals surface area contributed by atoms with Crippen LogP contribution in [-0.4, -0.2) is 98.9 Å². The summed E-state index contributed by atoms with van der Waals surface area (Å²) < 4.78 is 34.0. The Labute approximate surface area is 319 Å². The molecule has 6 atom stereocenters. The Balaban J connectivity index is 2.48. The number of ether oxygens (including phenoxy) is 2. The minimum absolute atomic E-state index is 0.0868. The summed E-state index contributed by atoms with van der Waals surface area (Å²) >= 11 is 0. The van der Waals surface area contributed by atoms with Gasteiger partial charge in [0.05, 0.1) is 13.2 Å². The zero-order valence-corrected chi connectivity index (χ0v) is 33.5. The van der Waals surface area contributed by atoms with Gasteiger partial charge in [-0.3, -0.25) is 13.8 Å². The predicted octanol–water partition coefficient (Wildman–Crippen LogP) is 7.14. The molecule has 1 saturated carbocycles. The summed E-state index contributed by atoms with van der Waals surface area (Å²) in [4.78, 5) is 23.0. The second-order valence-electron chi connectivity index (χ2n) is 14.1. The van der Waals surface area contributed by atoms with Crippen molar-refractivity contribution in [1.82, 2.24) is 0 Å². The number of phosphoric acid groups is 1. The Bertz CT molecular complexity index is 1020. The Kier molecular flexibility index (Phi) is 29.7. The van der Waals surface area contributed by atoms with Crippen molar-refractivity contribution in [3.8, 4) is 0 Å². The molecule has 1 aliphatic rings. The molecule has 0 radical (unpaired) electrons. The molecule has 0 aromatic heterocycles. The van der Waals surface area contributed by atoms with Crippen LogP contribution in [0.5, 0.6) is 0 Å². The van der Waals surface area contributed by atoms with Gasteiger partial charge in [-0.15, -0.1) is 0 Å². The van der Waals surface area contributed by atoms with E-state index in [0.717, 1.165) is 83.5 Å². The second kappa shape index (κ2) is 31.7. The highest BCUT2D eigenvalue weighted by molar-refractivity contribution is 7.47. The molecule has 1 aliphatic carbocycles. The van der Waals surface area contributed by atoms with Gasteiger partial charge in [0, 0.05) is 13.0 Å². The third-order valence-corrected chi connectivity index (χ3v) is 10.2. The Morgan fingerprint density at radius 2 is 1.09 bits per heavy atom. The summed E-state index contributed by atoms with van der Waals surface area (Å²) in [5, 5.41) is 50.0. The molecule has 12 nitrogen and oxygen atoms in total. The van der Waals surface area contributed by atoms with E-state index in [4.69, 9.17) is 18.5 Å². The highest BCUT2D eigenvalue weighted by Crippen LogP contribution is 2.47. The van der Waals surface area contributed by atoms with Crippen molar-refractivity contribution in [3.63, 3.8) is 0 Å². The third kappa shape index (κ3) is 24.6. The zero-order chi connectivity index (χ0) is 39.2. The van der Waals surface area contributed by atoms with Crippen molar-refractivity contribution >= 4 is 13.8 Å². The fourth-order valence-electron chi connectivity index (χ4n) is 5.92. The van der Waals surface area contributed by atoms with Crippen LogP contribution >= 0.6 is 7.82 Å². The van der Waals surface area contributed by atoms with Gasteiger partial charge in [0.2, 0.25) is 0 Å². The molecular formula is C40H73O12P. The standard InChI is InChI=1S/C40H73O12P/c1-3-5-7-9-11-13-15-17-19-21-23-25-27-29-34(41)51-33(31-49-30-28-26-24-22-20-18-16-14-12-10-8-6-4-2)32-50-53(47,48)52-40-38(45)36(43)35(42)37(44)39(40)46/h7,9,12-15,33,35-40,42-46H,3-6,8,10-11,16-32H2,1-2H3,(H,47,48)/b9-7-,14-12-,15-13-. The van der Waals surface area contributed by atoms with Crippen molar-refractivity contribution in [2.24, 2.45) is 0 Å². The van der Waals surface area contributed by atoms with E-state index in [1.165, 1.54) is 38.5 Å². The summed E-state index contributed by atoms with van der Waals surface area (Å²) in [6, 6.07) is 0. The zero-order valence-electron chi connectivity index (χ0n) is 32.6. The molecule has 6 N–H and O–H groups in total. The molecule has 0 saturated heterocycles. The van der Waals surface area contributed by atoms with E-state index < -0.39 is 63.1 Å². The molecule has 310 valence electrons. The van der Waals surface area contributed by atoms with Crippen LogP contribution in [0.1, 0.15) is 149 Å². The maximum atomic E-state index is 12.8. The van der Waals surface area contributed by atoms with Gasteiger partial charge in [0.1, 0.15) is 42.7 Å². The largest absolute Gasteiger partial charge is 0.472 e. The number of allylic oxidation sites excluding steroid dienone is 6. The van der Waals surface area contributed by atoms with Crippen LogP contribution < -0.4 is 0 Å². The lowest BCUT2D eigenvalue weighted by Crippen LogP contribution is -2.64. The van der Waals surface area contributed by atoms with E-state index in [2.05, 4.69) is 50.3 Å². The highest BCUT2D eigenvalue weighted by Gasteiger charge is 2.51. The maximum Gasteiger partial charge on any atom is 0.472 e. The first-order valence-corrected chi connectivity index (χ1v) is 21.8. The van der Waals surface area contributed by atoms with Gasteiger partial charge < -0.3 is 39.9 Å². The first kappa shape index (κ1) is 49.6. The van der Waals surface area contributed by atoms with Gasteiger partial charge in [-0.2, -0.15) is 0 Å². The van der Waals surface area contributed by atoms with Crippen LogP contribution in [0.2, 0.25) is 0 Å². The van der Waals surface area contributed by atoms with Crippen molar-refractivity contribution < 1.29 is 58.3 Å². The Morgan fingerprint density at radius 1 is 0.604 bits per heavy atom. The van der Waals surface area contributed by atoms with E-state index in [0.29, 0.717) is 13.0 Å². The quantitative estimate of drug-likeness (QED) is 0.0171. The summed E-state index contributed by atoms with van der Waals surface area (Å²) in [6.07, 6.45) is 22.2. The van der Waals surface area contributed by atoms with Crippen molar-refractivity contribution in [2.75, 3.05) is 19.8 Å². The van der Waals surface area contributed by atoms with Gasteiger partial charge >= 0.3 is 13.8 Å². The normalized spacial score (nSPS) is 24.0. The van der Waals surface area contributed by atoms with E-state index in [1.54, 1.807) is 0 Å². The first-order chi connectivity index (χ1) is 25.5. The number of carbonyl (C=O) groups is 1. The summed E-state index contributed by atoms with van der Waals surface area (Å²) in [7, 11) is -5.01. The van der Waals surface area contributed by atoms with Gasteiger partial charge in [0.15, 0.2) is 0 Å². The van der Waals surface area contributed by atoms with Gasteiger partial charge in [-0.05, 0) is 64.2 Å². The van der Waals surface area contributed by atoms with Crippen LogP contribution in [0.25, 0.3) is 0 Å². The van der Waals surface area contributed by atoms with Crippen LogP contribution in [0.3, 0.4) is 0 Å². The van der Waals surface area contributed by atoms with Crippen molar-refractivity contribution in [2.45, 2.75) is 191 Å². The molecule has 1 fully saturated rings. The van der Waals surface area contributed by atoms with Gasteiger partial charge in [-0.1, -0.05) is 115 Å². The summed E-state index contributed by atoms with van der Waals surface area (Å²) in [6.45, 7) is 4.11. The van der Waals surface area contributed by atoms with Gasteiger partial charge in [0.25, 0.3) is 0 Å². The SMILES string of the molecule is CCC/C=C\C/C=C\CCCCCCCC(=O)OC(COCCCCCCCC/C=C\CCCCC)COP(=O)(O)OC1C(O)C(O)C(O)C(O)C1O. The van der Waals surface area contributed by atoms with Crippen LogP contribution in [0.4, 0.5) is 0 Å². The molecule has 6 unspecified atom stereocenters. The first-order valence-electron chi connectivity index (χ1n) is 20.3. The predicted molar refractivity (Wildman–Crippen MR) is 207 cm³/mol. The van der Waals surface area contributed by atoms with E-state index in [-0.39, 0.29) is 13.0 Å². The lowest BCUT2D eigenvalue weighted by atomic mass is 9.85. The van der Waals surface area contributed by atoms with Crippen LogP contribution in [0.15, 0.2) is 36.5 Å². The number of hydrogen-bond donors (Lipinski definition) is 6. The second-order valence-corrected chi connectivity index (χ2v) is 15.5. The Hall–Kier alpha value is -1.44. The average molecular weight is 777 g/mol. The number of rotatable bonds is 33. The lowest BCUT2D eigenvalue weighted by molar-refractivity contribution is -0.220. The fourth-order valence-corrected chi connectivity index (χ4v) is 6.89. The number of phosphoric ester groups is 1. The summed E-state index contributed by atoms with van der Waals surface area (Å²) in [5.41, 5.74) is 0. The minimum Gasteiger partial charge on any atom is -0.457 e. The van der Waals surface area contributed by atoms with E-state index in [1.807, 2.05) is 0 Å². The summed E-state index contributed by atoms with van der Waals surface area (Å²) in [5.74, 6) is -0.496. The molecule has 0 spiro atoms. The number of carbonyl (C=O) groups excluding carboxylic acids is 1. The third-order valence-electron chi connectivity index (χ3n) is 9.22. The number of unbranched alkanes of at least 4 members (excludes halogenated alkanes) is 15. The molecule has 0 heterocycles. The number of esters is 1. The molecule has 0 aromatic rings. The number of aliphatic hydroxyl groups excluding tert-OH is 5. The number of hydrogen-bond acceptors (Lipinski definition) is 11. The van der Waals surface area contributed by atoms with Crippen molar-refractivity contribution in [1.29, 1.82) is 0 Å². The topological polar surface area (TPSA) is 192 Å². The monoisotopic (exact) mass is 776 g/mol. The fraction of sp³-hybridized carbons (Fsp3) is 0.825. The van der Waals surface area contributed by atoms with E-state index >= 15 is 0 Å². The molecule has 53 heavy (non-hydrogen) atoms. The molecule has 13 heteroatoms. The number of aliphatic hydroxyl groups is 5. The molecule has 1 rings (SSSR count). The van der Waals surface area contributed by atoms with E-state index in [9.17, 15) is 39.8 Å². The Morgan fingerprint density at radius 3 is 1.68 bits per heavy atom. The molecule has 0 aliphatic heterocycles.